The predicted octanol–water partition coefficient (Wildman–Crippen LogP) is 1.49. The van der Waals surface area contributed by atoms with Gasteiger partial charge in [0.25, 0.3) is 5.91 Å². The van der Waals surface area contributed by atoms with Gasteiger partial charge in [0.15, 0.2) is 11.5 Å². The topological polar surface area (TPSA) is 85.4 Å². The molecule has 3 aliphatic rings. The number of amides is 3. The van der Waals surface area contributed by atoms with E-state index in [0.29, 0.717) is 48.7 Å². The van der Waals surface area contributed by atoms with Crippen molar-refractivity contribution in [2.24, 2.45) is 11.8 Å². The molecule has 2 unspecified atom stereocenters. The van der Waals surface area contributed by atoms with Crippen LogP contribution in [0.25, 0.3) is 0 Å². The zero-order valence-corrected chi connectivity index (χ0v) is 16.7. The standard InChI is InChI=1S/C21H24N2O6/c1-27-16-8-12(9-17(28-2)18(16)29-3)19(24)22-10-13(11-22)23-20(25)14-6-4-5-7-15(14)21(23)26/h4-5,8-9,13-15H,6-7,10-11H2,1-3H3. The third-order valence-electron chi connectivity index (χ3n) is 5.97. The molecule has 2 fully saturated rings. The third kappa shape index (κ3) is 3.03. The fraction of sp³-hybridized carbons (Fsp3) is 0.476. The number of hydrogen-bond acceptors (Lipinski definition) is 6. The smallest absolute Gasteiger partial charge is 0.254 e. The van der Waals surface area contributed by atoms with Gasteiger partial charge in [-0.3, -0.25) is 19.3 Å². The number of carbonyl (C=O) groups excluding carboxylic acids is 3. The molecular formula is C21H24N2O6. The predicted molar refractivity (Wildman–Crippen MR) is 103 cm³/mol. The van der Waals surface area contributed by atoms with Crippen molar-refractivity contribution in [3.63, 3.8) is 0 Å². The number of allylic oxidation sites excluding steroid dienone is 2. The Balaban J connectivity index is 1.47. The van der Waals surface area contributed by atoms with Gasteiger partial charge in [0.2, 0.25) is 17.6 Å². The lowest BCUT2D eigenvalue weighted by Crippen LogP contribution is -2.62. The lowest BCUT2D eigenvalue weighted by Gasteiger charge is -2.43. The van der Waals surface area contributed by atoms with Crippen molar-refractivity contribution >= 4 is 17.7 Å². The van der Waals surface area contributed by atoms with E-state index in [9.17, 15) is 14.4 Å². The number of ether oxygens (including phenoxy) is 3. The summed E-state index contributed by atoms with van der Waals surface area (Å²) in [5.74, 6) is 0.307. The fourth-order valence-corrected chi connectivity index (χ4v) is 4.36. The largest absolute Gasteiger partial charge is 0.493 e. The zero-order valence-electron chi connectivity index (χ0n) is 16.7. The van der Waals surface area contributed by atoms with Crippen molar-refractivity contribution < 1.29 is 28.6 Å². The minimum atomic E-state index is -0.258. The highest BCUT2D eigenvalue weighted by atomic mass is 16.5. The fourth-order valence-electron chi connectivity index (χ4n) is 4.36. The summed E-state index contributed by atoms with van der Waals surface area (Å²) in [5.41, 5.74) is 0.398. The van der Waals surface area contributed by atoms with Crippen LogP contribution in [0.1, 0.15) is 23.2 Å². The Morgan fingerprint density at radius 1 is 0.897 bits per heavy atom. The SMILES string of the molecule is COc1cc(C(=O)N2CC(N3C(=O)C4CC=CCC4C3=O)C2)cc(OC)c1OC. The normalized spacial score (nSPS) is 23.7. The van der Waals surface area contributed by atoms with Crippen LogP contribution in [0.2, 0.25) is 0 Å². The molecule has 1 aliphatic carbocycles. The maximum absolute atomic E-state index is 12.9. The van der Waals surface area contributed by atoms with E-state index in [1.807, 2.05) is 12.2 Å². The van der Waals surface area contributed by atoms with Gasteiger partial charge < -0.3 is 19.1 Å². The zero-order chi connectivity index (χ0) is 20.7. The van der Waals surface area contributed by atoms with E-state index in [1.165, 1.54) is 26.2 Å². The highest BCUT2D eigenvalue weighted by Gasteiger charge is 2.52. The first kappa shape index (κ1) is 19.3. The summed E-state index contributed by atoms with van der Waals surface area (Å²) in [6.07, 6.45) is 5.17. The Hall–Kier alpha value is -3.03. The van der Waals surface area contributed by atoms with Gasteiger partial charge in [0.05, 0.1) is 39.2 Å². The van der Waals surface area contributed by atoms with Crippen LogP contribution < -0.4 is 14.2 Å². The molecular weight excluding hydrogens is 376 g/mol. The van der Waals surface area contributed by atoms with E-state index < -0.39 is 0 Å². The van der Waals surface area contributed by atoms with Crippen molar-refractivity contribution in [2.75, 3.05) is 34.4 Å². The number of carbonyl (C=O) groups is 3. The average molecular weight is 400 g/mol. The monoisotopic (exact) mass is 400 g/mol. The summed E-state index contributed by atoms with van der Waals surface area (Å²) in [6, 6.07) is 2.94. The second-order valence-electron chi connectivity index (χ2n) is 7.48. The van der Waals surface area contributed by atoms with Gasteiger partial charge >= 0.3 is 0 Å². The summed E-state index contributed by atoms with van der Waals surface area (Å²) in [5, 5.41) is 0. The van der Waals surface area contributed by atoms with Crippen molar-refractivity contribution in [1.82, 2.24) is 9.80 Å². The molecule has 4 rings (SSSR count). The van der Waals surface area contributed by atoms with Crippen LogP contribution in [0.15, 0.2) is 24.3 Å². The number of likely N-dealkylation sites (tertiary alicyclic amines) is 2. The lowest BCUT2D eigenvalue weighted by molar-refractivity contribution is -0.145. The highest BCUT2D eigenvalue weighted by molar-refractivity contribution is 6.06. The van der Waals surface area contributed by atoms with E-state index in [0.717, 1.165) is 0 Å². The minimum absolute atomic E-state index is 0.103. The molecule has 2 atom stereocenters. The van der Waals surface area contributed by atoms with Crippen LogP contribution in [0.3, 0.4) is 0 Å². The number of imide groups is 1. The second-order valence-corrected chi connectivity index (χ2v) is 7.48. The summed E-state index contributed by atoms with van der Waals surface area (Å²) in [4.78, 5) is 41.3. The van der Waals surface area contributed by atoms with Gasteiger partial charge in [-0.25, -0.2) is 0 Å². The molecule has 0 bridgehead atoms. The molecule has 0 aromatic heterocycles. The van der Waals surface area contributed by atoms with Crippen LogP contribution in [-0.4, -0.2) is 68.0 Å². The molecule has 0 saturated carbocycles. The van der Waals surface area contributed by atoms with Crippen LogP contribution in [0.5, 0.6) is 17.2 Å². The van der Waals surface area contributed by atoms with Crippen LogP contribution in [0, 0.1) is 11.8 Å². The Morgan fingerprint density at radius 3 is 1.86 bits per heavy atom. The Labute approximate surface area is 169 Å². The molecule has 1 aromatic carbocycles. The van der Waals surface area contributed by atoms with Gasteiger partial charge in [-0.1, -0.05) is 12.2 Å². The molecule has 29 heavy (non-hydrogen) atoms. The number of nitrogens with zero attached hydrogens (tertiary/aromatic N) is 2. The molecule has 154 valence electrons. The minimum Gasteiger partial charge on any atom is -0.493 e. The van der Waals surface area contributed by atoms with Crippen LogP contribution in [0.4, 0.5) is 0 Å². The van der Waals surface area contributed by atoms with Crippen molar-refractivity contribution in [3.8, 4) is 17.2 Å². The average Bonchev–Trinajstić information content (AvgIpc) is 2.96. The summed E-state index contributed by atoms with van der Waals surface area (Å²) in [6.45, 7) is 0.666. The summed E-state index contributed by atoms with van der Waals surface area (Å²) < 4.78 is 15.9. The van der Waals surface area contributed by atoms with Gasteiger partial charge in [-0.2, -0.15) is 0 Å². The van der Waals surface area contributed by atoms with Gasteiger partial charge in [0.1, 0.15) is 0 Å². The molecule has 1 aromatic rings. The number of rotatable bonds is 5. The molecule has 2 saturated heterocycles. The third-order valence-corrected chi connectivity index (χ3v) is 5.97. The van der Waals surface area contributed by atoms with Gasteiger partial charge in [0, 0.05) is 18.7 Å². The van der Waals surface area contributed by atoms with E-state index >= 15 is 0 Å². The van der Waals surface area contributed by atoms with Crippen molar-refractivity contribution in [1.29, 1.82) is 0 Å². The first-order valence-corrected chi connectivity index (χ1v) is 9.61. The first-order chi connectivity index (χ1) is 14.0. The number of hydrogen-bond donors (Lipinski definition) is 0. The van der Waals surface area contributed by atoms with Crippen LogP contribution in [-0.2, 0) is 9.59 Å². The van der Waals surface area contributed by atoms with E-state index in [2.05, 4.69) is 0 Å². The summed E-state index contributed by atoms with van der Waals surface area (Å²) in [7, 11) is 4.48. The molecule has 0 N–H and O–H groups in total. The van der Waals surface area contributed by atoms with E-state index in [-0.39, 0.29) is 35.6 Å². The molecule has 3 amide bonds. The molecule has 0 spiro atoms. The molecule has 2 aliphatic heterocycles. The second kappa shape index (κ2) is 7.42. The quantitative estimate of drug-likeness (QED) is 0.550. The van der Waals surface area contributed by atoms with Crippen LogP contribution >= 0.6 is 0 Å². The first-order valence-electron chi connectivity index (χ1n) is 9.61. The number of fused-ring (bicyclic) bond motifs is 1. The van der Waals surface area contributed by atoms with E-state index in [1.54, 1.807) is 17.0 Å². The molecule has 8 heteroatoms. The van der Waals surface area contributed by atoms with Crippen molar-refractivity contribution in [2.45, 2.75) is 18.9 Å². The van der Waals surface area contributed by atoms with Crippen molar-refractivity contribution in [3.05, 3.63) is 29.8 Å². The van der Waals surface area contributed by atoms with E-state index in [4.69, 9.17) is 14.2 Å². The lowest BCUT2D eigenvalue weighted by atomic mass is 9.85. The molecule has 2 heterocycles. The Bertz CT molecular complexity index is 838. The van der Waals surface area contributed by atoms with Gasteiger partial charge in [-0.05, 0) is 25.0 Å². The van der Waals surface area contributed by atoms with Gasteiger partial charge in [-0.15, -0.1) is 0 Å². The Kier molecular flexibility index (Phi) is 4.94. The summed E-state index contributed by atoms with van der Waals surface area (Å²) >= 11 is 0. The number of benzene rings is 1. The maximum atomic E-state index is 12.9. The molecule has 0 radical (unpaired) electrons. The maximum Gasteiger partial charge on any atom is 0.254 e. The molecule has 8 nitrogen and oxygen atoms in total. The highest BCUT2D eigenvalue weighted by Crippen LogP contribution is 2.40. The Morgan fingerprint density at radius 2 is 1.41 bits per heavy atom. The number of methoxy groups -OCH3 is 3.